The second-order valence-electron chi connectivity index (χ2n) is 7.29. The van der Waals surface area contributed by atoms with Crippen LogP contribution in [0.15, 0.2) is 18.2 Å². The van der Waals surface area contributed by atoms with Crippen LogP contribution < -0.4 is 10.4 Å². The van der Waals surface area contributed by atoms with Crippen molar-refractivity contribution in [2.75, 3.05) is 0 Å². The number of benzene rings is 1. The van der Waals surface area contributed by atoms with E-state index >= 15 is 0 Å². The van der Waals surface area contributed by atoms with Crippen molar-refractivity contribution < 1.29 is 0 Å². The molecule has 0 nitrogen and oxygen atoms in total. The predicted octanol–water partition coefficient (Wildman–Crippen LogP) is 3.69. The Morgan fingerprint density at radius 1 is 1.05 bits per heavy atom. The molecule has 0 bridgehead atoms. The van der Waals surface area contributed by atoms with Crippen LogP contribution in [0.5, 0.6) is 0 Å². The summed E-state index contributed by atoms with van der Waals surface area (Å²) in [6.45, 7) is 17.9. The summed E-state index contributed by atoms with van der Waals surface area (Å²) in [4.78, 5) is 0. The number of hydrogen-bond acceptors (Lipinski definition) is 0. The molecule has 0 spiro atoms. The van der Waals surface area contributed by atoms with Crippen LogP contribution in [0.4, 0.5) is 0 Å². The Morgan fingerprint density at radius 3 is 2.00 bits per heavy atom. The summed E-state index contributed by atoms with van der Waals surface area (Å²) in [5.74, 6) is 0. The van der Waals surface area contributed by atoms with Crippen LogP contribution >= 0.6 is 0 Å². The van der Waals surface area contributed by atoms with E-state index in [1.807, 2.05) is 0 Å². The summed E-state index contributed by atoms with van der Waals surface area (Å²) in [6.07, 6.45) is 2.21. The predicted molar refractivity (Wildman–Crippen MR) is 89.0 cm³/mol. The van der Waals surface area contributed by atoms with Crippen molar-refractivity contribution in [1.29, 1.82) is 0 Å². The third kappa shape index (κ3) is 3.75. The molecule has 1 radical (unpaired) electrons. The minimum absolute atomic E-state index is 0.170. The fourth-order valence-electron chi connectivity index (χ4n) is 2.50. The number of rotatable bonds is 1. The maximum absolute atomic E-state index is 2.37. The lowest BCUT2D eigenvalue weighted by atomic mass is 9.60. The molecule has 1 aromatic rings. The van der Waals surface area contributed by atoms with Crippen LogP contribution in [0.25, 0.3) is 11.5 Å². The SMILES string of the molecule is C[B]/C(=c1/cc(C(C)(C)C)cc/c1=C/C)C(C)(C)C. The molecule has 0 saturated heterocycles. The molecule has 0 heterocycles. The van der Waals surface area contributed by atoms with Gasteiger partial charge in [0.25, 0.3) is 0 Å². The van der Waals surface area contributed by atoms with E-state index in [4.69, 9.17) is 0 Å². The molecule has 0 saturated carbocycles. The molecular formula is C18H28B. The zero-order chi connectivity index (χ0) is 14.8. The van der Waals surface area contributed by atoms with E-state index < -0.39 is 0 Å². The lowest BCUT2D eigenvalue weighted by Crippen LogP contribution is -2.34. The Balaban J connectivity index is 3.79. The molecule has 0 aliphatic carbocycles. The van der Waals surface area contributed by atoms with E-state index in [0.29, 0.717) is 0 Å². The molecule has 1 rings (SSSR count). The standard InChI is InChI=1S/C18H28B/c1-9-13-10-11-14(17(2,3)4)12-15(13)16(19-8)18(5,6)7/h9-12H,1-8H3/b13-9-,16-15-. The van der Waals surface area contributed by atoms with Gasteiger partial charge in [-0.2, -0.15) is 0 Å². The van der Waals surface area contributed by atoms with E-state index in [1.54, 1.807) is 0 Å². The fraction of sp³-hybridized carbons (Fsp3) is 0.556. The van der Waals surface area contributed by atoms with Gasteiger partial charge >= 0.3 is 0 Å². The first-order valence-corrected chi connectivity index (χ1v) is 7.22. The highest BCUT2D eigenvalue weighted by molar-refractivity contribution is 6.57. The van der Waals surface area contributed by atoms with Gasteiger partial charge in [0.1, 0.15) is 7.28 Å². The zero-order valence-corrected chi connectivity index (χ0v) is 13.9. The molecule has 0 aliphatic heterocycles. The topological polar surface area (TPSA) is 0 Å². The molecular weight excluding hydrogens is 227 g/mol. The fourth-order valence-corrected chi connectivity index (χ4v) is 2.50. The molecule has 0 fully saturated rings. The normalized spacial score (nSPS) is 15.5. The molecule has 103 valence electrons. The Kier molecular flexibility index (Phi) is 4.71. The van der Waals surface area contributed by atoms with E-state index in [0.717, 1.165) is 0 Å². The van der Waals surface area contributed by atoms with Gasteiger partial charge in [-0.1, -0.05) is 78.1 Å². The van der Waals surface area contributed by atoms with Crippen molar-refractivity contribution >= 4 is 18.8 Å². The minimum Gasteiger partial charge on any atom is -0.0963 e. The van der Waals surface area contributed by atoms with E-state index in [1.165, 1.54) is 21.5 Å². The van der Waals surface area contributed by atoms with Crippen molar-refractivity contribution in [3.05, 3.63) is 34.2 Å². The van der Waals surface area contributed by atoms with Crippen molar-refractivity contribution in [3.63, 3.8) is 0 Å². The summed E-state index contributed by atoms with van der Waals surface area (Å²) in [7, 11) is 2.26. The second-order valence-corrected chi connectivity index (χ2v) is 7.29. The average molecular weight is 255 g/mol. The first-order valence-electron chi connectivity index (χ1n) is 7.22. The molecule has 0 N–H and O–H groups in total. The van der Waals surface area contributed by atoms with Gasteiger partial charge < -0.3 is 0 Å². The van der Waals surface area contributed by atoms with Crippen molar-refractivity contribution in [2.45, 2.75) is 60.7 Å². The first-order chi connectivity index (χ1) is 8.61. The summed E-state index contributed by atoms with van der Waals surface area (Å²) >= 11 is 0. The van der Waals surface area contributed by atoms with Crippen LogP contribution in [0, 0.1) is 5.41 Å². The lowest BCUT2D eigenvalue weighted by Gasteiger charge is -2.24. The minimum atomic E-state index is 0.170. The Hall–Kier alpha value is -0.975. The smallest absolute Gasteiger partial charge is 0.0963 e. The Labute approximate surface area is 119 Å². The average Bonchev–Trinajstić information content (AvgIpc) is 2.26. The molecule has 0 amide bonds. The first kappa shape index (κ1) is 16.1. The third-order valence-electron chi connectivity index (χ3n) is 3.62. The van der Waals surface area contributed by atoms with Gasteiger partial charge in [-0.15, -0.1) is 0 Å². The van der Waals surface area contributed by atoms with Gasteiger partial charge in [0, 0.05) is 0 Å². The lowest BCUT2D eigenvalue weighted by molar-refractivity contribution is 0.572. The molecule has 0 unspecified atom stereocenters. The van der Waals surface area contributed by atoms with Crippen LogP contribution in [0.2, 0.25) is 6.82 Å². The Morgan fingerprint density at radius 2 is 1.63 bits per heavy atom. The van der Waals surface area contributed by atoms with E-state index in [9.17, 15) is 0 Å². The van der Waals surface area contributed by atoms with Crippen LogP contribution in [0.1, 0.15) is 54.0 Å². The van der Waals surface area contributed by atoms with Gasteiger partial charge in [0.05, 0.1) is 0 Å². The van der Waals surface area contributed by atoms with Crippen molar-refractivity contribution in [2.24, 2.45) is 5.41 Å². The van der Waals surface area contributed by atoms with Crippen molar-refractivity contribution in [3.8, 4) is 0 Å². The molecule has 1 heteroatoms. The van der Waals surface area contributed by atoms with Crippen LogP contribution in [0.3, 0.4) is 0 Å². The summed E-state index contributed by atoms with van der Waals surface area (Å²) in [5.41, 5.74) is 3.18. The largest absolute Gasteiger partial charge is 0.144 e. The summed E-state index contributed by atoms with van der Waals surface area (Å²) in [6, 6.07) is 6.88. The summed E-state index contributed by atoms with van der Waals surface area (Å²) < 4.78 is 0. The highest BCUT2D eigenvalue weighted by atomic mass is 14.2. The molecule has 0 aromatic heterocycles. The van der Waals surface area contributed by atoms with E-state index in [2.05, 4.69) is 86.8 Å². The molecule has 1 aromatic carbocycles. The zero-order valence-electron chi connectivity index (χ0n) is 13.9. The van der Waals surface area contributed by atoms with Crippen LogP contribution in [-0.4, -0.2) is 7.28 Å². The van der Waals surface area contributed by atoms with Gasteiger partial charge in [0.15, 0.2) is 0 Å². The quantitative estimate of drug-likeness (QED) is 0.671. The van der Waals surface area contributed by atoms with Gasteiger partial charge in [0.2, 0.25) is 0 Å². The van der Waals surface area contributed by atoms with Crippen molar-refractivity contribution in [1.82, 2.24) is 0 Å². The number of hydrogen-bond donors (Lipinski definition) is 0. The van der Waals surface area contributed by atoms with Gasteiger partial charge in [-0.25, -0.2) is 0 Å². The van der Waals surface area contributed by atoms with Gasteiger partial charge in [-0.3, -0.25) is 0 Å². The van der Waals surface area contributed by atoms with E-state index in [-0.39, 0.29) is 10.8 Å². The second kappa shape index (κ2) is 5.57. The Bertz CT molecular complexity index is 551. The maximum atomic E-state index is 2.37. The highest BCUT2D eigenvalue weighted by Crippen LogP contribution is 2.25. The maximum Gasteiger partial charge on any atom is 0.144 e. The molecule has 0 atom stereocenters. The third-order valence-corrected chi connectivity index (χ3v) is 3.62. The van der Waals surface area contributed by atoms with Gasteiger partial charge in [-0.05, 0) is 33.8 Å². The van der Waals surface area contributed by atoms with Crippen LogP contribution in [-0.2, 0) is 5.41 Å². The molecule has 19 heavy (non-hydrogen) atoms. The summed E-state index contributed by atoms with van der Waals surface area (Å²) in [5, 5.41) is 2.71. The molecule has 0 aliphatic rings. The monoisotopic (exact) mass is 255 g/mol. The highest BCUT2D eigenvalue weighted by Gasteiger charge is 2.18.